The van der Waals surface area contributed by atoms with Crippen LogP contribution >= 0.6 is 11.6 Å². The lowest BCUT2D eigenvalue weighted by Crippen LogP contribution is -1.99. The van der Waals surface area contributed by atoms with Crippen LogP contribution < -0.4 is 0 Å². The molecule has 0 amide bonds. The summed E-state index contributed by atoms with van der Waals surface area (Å²) >= 11 is 5.94. The van der Waals surface area contributed by atoms with Crippen molar-refractivity contribution in [3.63, 3.8) is 0 Å². The van der Waals surface area contributed by atoms with Gasteiger partial charge in [-0.25, -0.2) is 4.39 Å². The molecule has 1 N–H and O–H groups in total. The van der Waals surface area contributed by atoms with Crippen LogP contribution in [0.2, 0.25) is 5.02 Å². The van der Waals surface area contributed by atoms with Crippen LogP contribution in [0.1, 0.15) is 5.69 Å². The molecule has 0 spiro atoms. The zero-order valence-electron chi connectivity index (χ0n) is 10.9. The smallest absolute Gasteiger partial charge is 0.132 e. The lowest BCUT2D eigenvalue weighted by atomic mass is 10.1. The van der Waals surface area contributed by atoms with E-state index in [4.69, 9.17) is 11.6 Å². The summed E-state index contributed by atoms with van der Waals surface area (Å²) in [4.78, 5) is 1.33. The Kier molecular flexibility index (Phi) is 3.68. The first kappa shape index (κ1) is 13.7. The summed E-state index contributed by atoms with van der Waals surface area (Å²) in [5.41, 5.74) is 1.56. The van der Waals surface area contributed by atoms with Gasteiger partial charge in [0.1, 0.15) is 17.2 Å². The second-order valence-electron chi connectivity index (χ2n) is 4.40. The fraction of sp³-hybridized carbons (Fsp3) is 0.0667. The van der Waals surface area contributed by atoms with Gasteiger partial charge in [0.05, 0.1) is 12.3 Å². The number of nitrogens with zero attached hydrogens (tertiary/aromatic N) is 3. The molecule has 1 aromatic heterocycles. The molecule has 21 heavy (non-hydrogen) atoms. The highest BCUT2D eigenvalue weighted by molar-refractivity contribution is 6.30. The third-order valence-electron chi connectivity index (χ3n) is 3.00. The van der Waals surface area contributed by atoms with Gasteiger partial charge in [-0.05, 0) is 30.3 Å². The molecule has 6 heteroatoms. The van der Waals surface area contributed by atoms with Crippen LogP contribution in [0.15, 0.2) is 48.5 Å². The topological polar surface area (TPSA) is 50.9 Å². The van der Waals surface area contributed by atoms with E-state index in [1.807, 2.05) is 0 Å². The zero-order valence-corrected chi connectivity index (χ0v) is 11.6. The monoisotopic (exact) mass is 303 g/mol. The predicted octanol–water partition coefficient (Wildman–Crippen LogP) is 3.22. The molecule has 106 valence electrons. The fourth-order valence-electron chi connectivity index (χ4n) is 2.02. The van der Waals surface area contributed by atoms with Gasteiger partial charge in [0.15, 0.2) is 0 Å². The van der Waals surface area contributed by atoms with E-state index in [2.05, 4.69) is 10.2 Å². The maximum atomic E-state index is 13.9. The maximum absolute atomic E-state index is 13.9. The van der Waals surface area contributed by atoms with Gasteiger partial charge in [0.25, 0.3) is 0 Å². The van der Waals surface area contributed by atoms with Gasteiger partial charge in [-0.15, -0.1) is 5.10 Å². The van der Waals surface area contributed by atoms with Crippen molar-refractivity contribution in [2.24, 2.45) is 0 Å². The van der Waals surface area contributed by atoms with Crippen LogP contribution in [0, 0.1) is 5.82 Å². The third kappa shape index (κ3) is 2.66. The number of benzene rings is 2. The number of hydrogen-bond donors (Lipinski definition) is 1. The molecule has 0 aliphatic heterocycles. The Balaban J connectivity index is 2.13. The molecule has 3 rings (SSSR count). The van der Waals surface area contributed by atoms with Gasteiger partial charge in [-0.2, -0.15) is 9.90 Å². The van der Waals surface area contributed by atoms with E-state index in [9.17, 15) is 9.50 Å². The molecule has 1 heterocycles. The molecule has 2 aromatic carbocycles. The molecular formula is C15H11ClFN3O. The van der Waals surface area contributed by atoms with Crippen molar-refractivity contribution < 1.29 is 9.50 Å². The van der Waals surface area contributed by atoms with Crippen molar-refractivity contribution in [2.45, 2.75) is 6.61 Å². The second-order valence-corrected chi connectivity index (χ2v) is 4.84. The van der Waals surface area contributed by atoms with Gasteiger partial charge in [0.2, 0.25) is 0 Å². The Morgan fingerprint density at radius 3 is 2.62 bits per heavy atom. The van der Waals surface area contributed by atoms with E-state index < -0.39 is 5.82 Å². The van der Waals surface area contributed by atoms with Gasteiger partial charge in [-0.3, -0.25) is 0 Å². The van der Waals surface area contributed by atoms with Crippen molar-refractivity contribution >= 4 is 11.6 Å². The van der Waals surface area contributed by atoms with Crippen molar-refractivity contribution in [2.75, 3.05) is 0 Å². The van der Waals surface area contributed by atoms with Crippen molar-refractivity contribution in [1.29, 1.82) is 0 Å². The number of rotatable bonds is 3. The highest BCUT2D eigenvalue weighted by atomic mass is 35.5. The average molecular weight is 304 g/mol. The lowest BCUT2D eigenvalue weighted by molar-refractivity contribution is 0.276. The van der Waals surface area contributed by atoms with E-state index in [0.29, 0.717) is 27.7 Å². The highest BCUT2D eigenvalue weighted by Crippen LogP contribution is 2.24. The molecule has 3 aromatic rings. The van der Waals surface area contributed by atoms with Gasteiger partial charge in [0, 0.05) is 10.6 Å². The molecule has 0 aliphatic carbocycles. The Morgan fingerprint density at radius 1 is 1.10 bits per heavy atom. The molecular weight excluding hydrogens is 293 g/mol. The average Bonchev–Trinajstić information content (AvgIpc) is 2.92. The zero-order chi connectivity index (χ0) is 14.8. The molecule has 4 nitrogen and oxygen atoms in total. The minimum absolute atomic E-state index is 0.301. The fourth-order valence-corrected chi connectivity index (χ4v) is 2.21. The SMILES string of the molecule is OCc1nn(-c2cccc(Cl)c2)nc1-c1ccccc1F. The normalized spacial score (nSPS) is 10.8. The predicted molar refractivity (Wildman–Crippen MR) is 77.7 cm³/mol. The summed E-state index contributed by atoms with van der Waals surface area (Å²) in [5.74, 6) is -0.412. The number of aliphatic hydroxyl groups excluding tert-OH is 1. The van der Waals surface area contributed by atoms with E-state index in [-0.39, 0.29) is 6.61 Å². The van der Waals surface area contributed by atoms with E-state index in [1.54, 1.807) is 42.5 Å². The largest absolute Gasteiger partial charge is 0.390 e. The van der Waals surface area contributed by atoms with Crippen molar-refractivity contribution in [3.05, 3.63) is 65.1 Å². The first-order valence-electron chi connectivity index (χ1n) is 6.27. The lowest BCUT2D eigenvalue weighted by Gasteiger charge is -2.00. The minimum Gasteiger partial charge on any atom is -0.390 e. The highest BCUT2D eigenvalue weighted by Gasteiger charge is 2.16. The molecule has 0 radical (unpaired) electrons. The van der Waals surface area contributed by atoms with E-state index >= 15 is 0 Å². The number of aromatic nitrogens is 3. The van der Waals surface area contributed by atoms with Crippen LogP contribution in [0.3, 0.4) is 0 Å². The second kappa shape index (κ2) is 5.63. The minimum atomic E-state index is -0.412. The molecule has 0 bridgehead atoms. The number of aliphatic hydroxyl groups is 1. The van der Waals surface area contributed by atoms with Crippen LogP contribution in [-0.2, 0) is 6.61 Å². The molecule has 0 fully saturated rings. The summed E-state index contributed by atoms with van der Waals surface area (Å²) < 4.78 is 13.9. The van der Waals surface area contributed by atoms with Gasteiger partial charge in [-0.1, -0.05) is 29.8 Å². The summed E-state index contributed by atoms with van der Waals surface area (Å²) in [6.07, 6.45) is 0. The Hall–Kier alpha value is -2.24. The Labute approximate surface area is 125 Å². The Bertz CT molecular complexity index is 788. The molecule has 0 saturated carbocycles. The summed E-state index contributed by atoms with van der Waals surface area (Å²) in [6, 6.07) is 13.2. The quantitative estimate of drug-likeness (QED) is 0.808. The molecule has 0 unspecified atom stereocenters. The Morgan fingerprint density at radius 2 is 1.90 bits per heavy atom. The van der Waals surface area contributed by atoms with Gasteiger partial charge < -0.3 is 5.11 Å². The van der Waals surface area contributed by atoms with Crippen LogP contribution in [0.25, 0.3) is 16.9 Å². The maximum Gasteiger partial charge on any atom is 0.132 e. The first-order chi connectivity index (χ1) is 10.2. The number of hydrogen-bond acceptors (Lipinski definition) is 3. The number of halogens is 2. The van der Waals surface area contributed by atoms with Gasteiger partial charge >= 0.3 is 0 Å². The summed E-state index contributed by atoms with van der Waals surface area (Å²) in [5, 5.41) is 18.4. The van der Waals surface area contributed by atoms with Crippen LogP contribution in [0.5, 0.6) is 0 Å². The van der Waals surface area contributed by atoms with E-state index in [0.717, 1.165) is 0 Å². The summed E-state index contributed by atoms with van der Waals surface area (Å²) in [6.45, 7) is -0.329. The molecule has 0 saturated heterocycles. The van der Waals surface area contributed by atoms with Crippen molar-refractivity contribution in [3.8, 4) is 16.9 Å². The standard InChI is InChI=1S/C15H11ClFN3O/c16-10-4-3-5-11(8-10)20-18-14(9-21)15(19-20)12-6-1-2-7-13(12)17/h1-8,21H,9H2. The van der Waals surface area contributed by atoms with Crippen molar-refractivity contribution in [1.82, 2.24) is 15.0 Å². The first-order valence-corrected chi connectivity index (χ1v) is 6.65. The van der Waals surface area contributed by atoms with Crippen LogP contribution in [-0.4, -0.2) is 20.1 Å². The molecule has 0 atom stereocenters. The van der Waals surface area contributed by atoms with Crippen LogP contribution in [0.4, 0.5) is 4.39 Å². The van der Waals surface area contributed by atoms with E-state index in [1.165, 1.54) is 10.9 Å². The third-order valence-corrected chi connectivity index (χ3v) is 3.24. The summed E-state index contributed by atoms with van der Waals surface area (Å²) in [7, 11) is 0. The molecule has 0 aliphatic rings.